The van der Waals surface area contributed by atoms with Gasteiger partial charge in [0.1, 0.15) is 0 Å². The Hall–Kier alpha value is -2.37. The highest BCUT2D eigenvalue weighted by Crippen LogP contribution is 2.11. The summed E-state index contributed by atoms with van der Waals surface area (Å²) in [5.41, 5.74) is 11.7. The second-order valence-corrected chi connectivity index (χ2v) is 5.87. The van der Waals surface area contributed by atoms with E-state index in [0.717, 1.165) is 22.6 Å². The molecule has 0 aliphatic rings. The van der Waals surface area contributed by atoms with Crippen LogP contribution in [0.5, 0.6) is 0 Å². The average Bonchev–Trinajstić information content (AvgIpc) is 2.58. The first kappa shape index (κ1) is 18.0. The van der Waals surface area contributed by atoms with Crippen LogP contribution in [0.2, 0.25) is 10.0 Å². The number of hydrogen-bond donors (Lipinski definition) is 2. The Balaban J connectivity index is 2.02. The van der Waals surface area contributed by atoms with Gasteiger partial charge < -0.3 is 5.73 Å². The predicted molar refractivity (Wildman–Crippen MR) is 102 cm³/mol. The highest BCUT2D eigenvalue weighted by atomic mass is 35.5. The minimum absolute atomic E-state index is 0.0941. The Bertz CT molecular complexity index is 778. The molecule has 0 fully saturated rings. The maximum Gasteiger partial charge on any atom is 0.234 e. The fraction of sp³-hybridized carbons (Fsp3) is 0.118. The van der Waals surface area contributed by atoms with Crippen molar-refractivity contribution in [1.82, 2.24) is 5.43 Å². The first-order valence-corrected chi connectivity index (χ1v) is 7.91. The van der Waals surface area contributed by atoms with Crippen molar-refractivity contribution in [1.29, 1.82) is 0 Å². The van der Waals surface area contributed by atoms with Crippen LogP contribution in [0.4, 0.5) is 0 Å². The van der Waals surface area contributed by atoms with Gasteiger partial charge in [-0.25, -0.2) is 5.43 Å². The fourth-order valence-electron chi connectivity index (χ4n) is 1.80. The molecule has 0 aromatic heterocycles. The molecule has 124 valence electrons. The molecular weight excluding hydrogens is 345 g/mol. The molecule has 2 aromatic carbocycles. The van der Waals surface area contributed by atoms with Gasteiger partial charge in [0.05, 0.1) is 11.4 Å². The number of nitrogens with one attached hydrogen (secondary N) is 1. The van der Waals surface area contributed by atoms with Crippen LogP contribution in [-0.4, -0.2) is 17.4 Å². The zero-order valence-corrected chi connectivity index (χ0v) is 14.8. The average molecular weight is 362 g/mol. The number of rotatable bonds is 4. The van der Waals surface area contributed by atoms with E-state index in [9.17, 15) is 0 Å². The van der Waals surface area contributed by atoms with Crippen LogP contribution in [0.1, 0.15) is 25.0 Å². The van der Waals surface area contributed by atoms with Gasteiger partial charge in [0.2, 0.25) is 5.96 Å². The minimum Gasteiger partial charge on any atom is -0.367 e. The first-order valence-electron chi connectivity index (χ1n) is 7.15. The molecule has 2 rings (SSSR count). The van der Waals surface area contributed by atoms with Crippen molar-refractivity contribution >= 4 is 40.6 Å². The van der Waals surface area contributed by atoms with E-state index in [1.54, 1.807) is 24.3 Å². The van der Waals surface area contributed by atoms with Crippen molar-refractivity contribution in [2.24, 2.45) is 21.0 Å². The lowest BCUT2D eigenvalue weighted by molar-refractivity contribution is 0.983. The van der Waals surface area contributed by atoms with Crippen molar-refractivity contribution in [3.05, 3.63) is 69.7 Å². The van der Waals surface area contributed by atoms with Crippen molar-refractivity contribution in [3.8, 4) is 0 Å². The van der Waals surface area contributed by atoms with Crippen molar-refractivity contribution < 1.29 is 0 Å². The van der Waals surface area contributed by atoms with Gasteiger partial charge in [0.15, 0.2) is 0 Å². The third-order valence-corrected chi connectivity index (χ3v) is 3.67. The lowest BCUT2D eigenvalue weighted by atomic mass is 10.1. The molecule has 0 unspecified atom stereocenters. The number of guanidine groups is 1. The maximum absolute atomic E-state index is 5.86. The maximum atomic E-state index is 5.86. The molecule has 0 aliphatic carbocycles. The normalized spacial score (nSPS) is 13.1. The highest BCUT2D eigenvalue weighted by Gasteiger charge is 1.99. The van der Waals surface area contributed by atoms with E-state index in [1.807, 2.05) is 38.1 Å². The number of hydrogen-bond acceptors (Lipinski definition) is 3. The Morgan fingerprint density at radius 1 is 0.792 bits per heavy atom. The van der Waals surface area contributed by atoms with Gasteiger partial charge in [-0.2, -0.15) is 10.2 Å². The molecule has 0 amide bonds. The molecule has 0 aliphatic heterocycles. The van der Waals surface area contributed by atoms with Gasteiger partial charge in [0.25, 0.3) is 0 Å². The molecule has 2 aromatic rings. The van der Waals surface area contributed by atoms with Crippen molar-refractivity contribution in [3.63, 3.8) is 0 Å². The number of nitrogens with zero attached hydrogens (tertiary/aromatic N) is 3. The number of hydrazone groups is 1. The molecule has 7 heteroatoms. The fourth-order valence-corrected chi connectivity index (χ4v) is 2.05. The van der Waals surface area contributed by atoms with Crippen LogP contribution in [-0.2, 0) is 0 Å². The molecule has 24 heavy (non-hydrogen) atoms. The Morgan fingerprint density at radius 2 is 1.25 bits per heavy atom. The zero-order valence-electron chi connectivity index (χ0n) is 13.3. The summed E-state index contributed by atoms with van der Waals surface area (Å²) >= 11 is 11.7. The lowest BCUT2D eigenvalue weighted by Gasteiger charge is -2.03. The highest BCUT2D eigenvalue weighted by molar-refractivity contribution is 6.31. The smallest absolute Gasteiger partial charge is 0.234 e. The SMILES string of the molecule is C/C(=N\N=C(/N)N/N=C(\C)c1ccc(Cl)cc1)c1ccc(Cl)cc1. The van der Waals surface area contributed by atoms with Crippen LogP contribution in [0.15, 0.2) is 63.8 Å². The topological polar surface area (TPSA) is 75.1 Å². The van der Waals surface area contributed by atoms with Gasteiger partial charge >= 0.3 is 0 Å². The summed E-state index contributed by atoms with van der Waals surface area (Å²) in [6.45, 7) is 3.69. The van der Waals surface area contributed by atoms with Crippen LogP contribution < -0.4 is 11.2 Å². The Morgan fingerprint density at radius 3 is 1.75 bits per heavy atom. The molecular formula is C17H17Cl2N5. The van der Waals surface area contributed by atoms with E-state index >= 15 is 0 Å². The van der Waals surface area contributed by atoms with Crippen LogP contribution in [0.25, 0.3) is 0 Å². The molecule has 0 saturated carbocycles. The van der Waals surface area contributed by atoms with E-state index in [-0.39, 0.29) is 5.96 Å². The summed E-state index contributed by atoms with van der Waals surface area (Å²) in [4.78, 5) is 0. The zero-order chi connectivity index (χ0) is 17.5. The second-order valence-electron chi connectivity index (χ2n) is 4.99. The standard InChI is InChI=1S/C17H17Cl2N5/c1-11(13-3-7-15(18)8-4-13)21-23-17(20)24-22-12(2)14-5-9-16(19)10-6-14/h3-10H,1-2H3,(H3,20,23,24)/b21-11+,22-12+. The molecule has 0 saturated heterocycles. The molecule has 0 spiro atoms. The first-order chi connectivity index (χ1) is 11.5. The molecule has 0 radical (unpaired) electrons. The summed E-state index contributed by atoms with van der Waals surface area (Å²) < 4.78 is 0. The van der Waals surface area contributed by atoms with E-state index in [0.29, 0.717) is 10.0 Å². The summed E-state index contributed by atoms with van der Waals surface area (Å²) in [7, 11) is 0. The molecule has 0 heterocycles. The number of nitrogens with two attached hydrogens (primary N) is 1. The van der Waals surface area contributed by atoms with Crippen LogP contribution in [0.3, 0.4) is 0 Å². The summed E-state index contributed by atoms with van der Waals surface area (Å²) in [6, 6.07) is 14.7. The third-order valence-electron chi connectivity index (χ3n) is 3.17. The van der Waals surface area contributed by atoms with Gasteiger partial charge in [-0.15, -0.1) is 5.10 Å². The van der Waals surface area contributed by atoms with Gasteiger partial charge in [-0.1, -0.05) is 47.5 Å². The lowest BCUT2D eigenvalue weighted by Crippen LogP contribution is -2.27. The van der Waals surface area contributed by atoms with E-state index in [2.05, 4.69) is 20.7 Å². The van der Waals surface area contributed by atoms with Gasteiger partial charge in [0, 0.05) is 10.0 Å². The minimum atomic E-state index is 0.0941. The van der Waals surface area contributed by atoms with Crippen molar-refractivity contribution in [2.45, 2.75) is 13.8 Å². The van der Waals surface area contributed by atoms with Crippen LogP contribution in [0, 0.1) is 0 Å². The van der Waals surface area contributed by atoms with E-state index in [4.69, 9.17) is 28.9 Å². The van der Waals surface area contributed by atoms with Gasteiger partial charge in [-0.05, 0) is 49.2 Å². The Kier molecular flexibility index (Phi) is 6.35. The molecule has 0 bridgehead atoms. The molecule has 5 nitrogen and oxygen atoms in total. The summed E-state index contributed by atoms with van der Waals surface area (Å²) in [5, 5.41) is 13.5. The Labute approximate surface area is 150 Å². The predicted octanol–water partition coefficient (Wildman–Crippen LogP) is 4.05. The summed E-state index contributed by atoms with van der Waals surface area (Å²) in [6.07, 6.45) is 0. The van der Waals surface area contributed by atoms with Gasteiger partial charge in [-0.3, -0.25) is 0 Å². The van der Waals surface area contributed by atoms with Crippen LogP contribution >= 0.6 is 23.2 Å². The molecule has 3 N–H and O–H groups in total. The third kappa shape index (κ3) is 5.37. The quantitative estimate of drug-likeness (QED) is 0.489. The largest absolute Gasteiger partial charge is 0.367 e. The molecule has 0 atom stereocenters. The van der Waals surface area contributed by atoms with E-state index in [1.165, 1.54) is 0 Å². The monoisotopic (exact) mass is 361 g/mol. The van der Waals surface area contributed by atoms with E-state index < -0.39 is 0 Å². The number of halogens is 2. The number of benzene rings is 2. The second kappa shape index (κ2) is 8.47. The summed E-state index contributed by atoms with van der Waals surface area (Å²) in [5.74, 6) is 0.0941. The van der Waals surface area contributed by atoms with Crippen molar-refractivity contribution in [2.75, 3.05) is 0 Å².